The van der Waals surface area contributed by atoms with Crippen LogP contribution in [0.15, 0.2) is 24.3 Å². The van der Waals surface area contributed by atoms with Gasteiger partial charge in [-0.05, 0) is 30.5 Å². The first kappa shape index (κ1) is 15.2. The SMILES string of the molecule is CCCc1nn(C)c(NCCc2ccc(OC)cc2)c1N. The van der Waals surface area contributed by atoms with Crippen LogP contribution in [0.2, 0.25) is 0 Å². The van der Waals surface area contributed by atoms with E-state index in [2.05, 4.69) is 29.5 Å². The second-order valence-electron chi connectivity index (χ2n) is 5.11. The molecule has 3 N–H and O–H groups in total. The zero-order valence-corrected chi connectivity index (χ0v) is 13.0. The van der Waals surface area contributed by atoms with Crippen LogP contribution in [-0.4, -0.2) is 23.4 Å². The molecule has 0 aliphatic carbocycles. The van der Waals surface area contributed by atoms with Crippen LogP contribution in [0.1, 0.15) is 24.6 Å². The monoisotopic (exact) mass is 288 g/mol. The van der Waals surface area contributed by atoms with Gasteiger partial charge in [0.2, 0.25) is 0 Å². The minimum Gasteiger partial charge on any atom is -0.497 e. The topological polar surface area (TPSA) is 65.1 Å². The highest BCUT2D eigenvalue weighted by molar-refractivity contribution is 5.65. The van der Waals surface area contributed by atoms with Crippen molar-refractivity contribution in [2.24, 2.45) is 7.05 Å². The summed E-state index contributed by atoms with van der Waals surface area (Å²) < 4.78 is 6.98. The zero-order valence-electron chi connectivity index (χ0n) is 13.0. The normalized spacial score (nSPS) is 10.6. The Morgan fingerprint density at radius 3 is 2.57 bits per heavy atom. The number of methoxy groups -OCH3 is 1. The summed E-state index contributed by atoms with van der Waals surface area (Å²) in [7, 11) is 3.60. The Morgan fingerprint density at radius 2 is 1.95 bits per heavy atom. The summed E-state index contributed by atoms with van der Waals surface area (Å²) >= 11 is 0. The molecule has 5 heteroatoms. The molecule has 0 atom stereocenters. The third-order valence-corrected chi connectivity index (χ3v) is 3.51. The number of nitrogen functional groups attached to an aromatic ring is 1. The van der Waals surface area contributed by atoms with E-state index in [0.717, 1.165) is 48.8 Å². The Kier molecular flexibility index (Phi) is 5.09. The molecule has 0 radical (unpaired) electrons. The molecule has 0 saturated carbocycles. The molecule has 0 saturated heterocycles. The minimum absolute atomic E-state index is 0.772. The van der Waals surface area contributed by atoms with E-state index in [-0.39, 0.29) is 0 Å². The molecular formula is C16H24N4O. The Labute approximate surface area is 126 Å². The van der Waals surface area contributed by atoms with Crippen LogP contribution in [0.25, 0.3) is 0 Å². The number of rotatable bonds is 7. The van der Waals surface area contributed by atoms with Gasteiger partial charge in [0.05, 0.1) is 18.5 Å². The second kappa shape index (κ2) is 7.02. The lowest BCUT2D eigenvalue weighted by molar-refractivity contribution is 0.414. The summed E-state index contributed by atoms with van der Waals surface area (Å²) in [5.41, 5.74) is 9.16. The number of hydrogen-bond donors (Lipinski definition) is 2. The van der Waals surface area contributed by atoms with Crippen molar-refractivity contribution in [3.8, 4) is 5.75 Å². The molecule has 21 heavy (non-hydrogen) atoms. The molecule has 0 fully saturated rings. The summed E-state index contributed by atoms with van der Waals surface area (Å²) in [5, 5.41) is 7.84. The number of ether oxygens (including phenoxy) is 1. The standard InChI is InChI=1S/C16H24N4O/c1-4-5-14-15(17)16(20(2)19-14)18-11-10-12-6-8-13(21-3)9-7-12/h6-9,18H,4-5,10-11,17H2,1-3H3. The van der Waals surface area contributed by atoms with Crippen LogP contribution in [0, 0.1) is 0 Å². The van der Waals surface area contributed by atoms with Crippen LogP contribution < -0.4 is 15.8 Å². The third-order valence-electron chi connectivity index (χ3n) is 3.51. The van der Waals surface area contributed by atoms with E-state index < -0.39 is 0 Å². The number of aryl methyl sites for hydroxylation is 2. The molecular weight excluding hydrogens is 264 g/mol. The molecule has 1 heterocycles. The van der Waals surface area contributed by atoms with E-state index in [9.17, 15) is 0 Å². The first-order valence-electron chi connectivity index (χ1n) is 7.33. The number of nitrogens with zero attached hydrogens (tertiary/aromatic N) is 2. The first-order chi connectivity index (χ1) is 10.2. The fourth-order valence-corrected chi connectivity index (χ4v) is 2.34. The van der Waals surface area contributed by atoms with Crippen LogP contribution in [0.5, 0.6) is 5.75 Å². The van der Waals surface area contributed by atoms with Gasteiger partial charge in [-0.1, -0.05) is 25.5 Å². The number of nitrogens with two attached hydrogens (primary N) is 1. The van der Waals surface area contributed by atoms with Crippen molar-refractivity contribution in [1.29, 1.82) is 0 Å². The summed E-state index contributed by atoms with van der Waals surface area (Å²) in [6, 6.07) is 8.12. The molecule has 1 aromatic carbocycles. The van der Waals surface area contributed by atoms with Gasteiger partial charge < -0.3 is 15.8 Å². The number of anilines is 2. The fraction of sp³-hybridized carbons (Fsp3) is 0.438. The molecule has 2 rings (SSSR count). The van der Waals surface area contributed by atoms with Gasteiger partial charge in [-0.15, -0.1) is 0 Å². The van der Waals surface area contributed by atoms with Gasteiger partial charge >= 0.3 is 0 Å². The first-order valence-corrected chi connectivity index (χ1v) is 7.33. The quantitative estimate of drug-likeness (QED) is 0.822. The van der Waals surface area contributed by atoms with E-state index in [0.29, 0.717) is 0 Å². The van der Waals surface area contributed by atoms with Crippen molar-refractivity contribution in [3.63, 3.8) is 0 Å². The molecule has 0 amide bonds. The third kappa shape index (κ3) is 3.68. The number of benzene rings is 1. The number of aromatic nitrogens is 2. The maximum Gasteiger partial charge on any atom is 0.147 e. The molecule has 1 aromatic heterocycles. The molecule has 0 spiro atoms. The van der Waals surface area contributed by atoms with Crippen molar-refractivity contribution in [3.05, 3.63) is 35.5 Å². The fourth-order valence-electron chi connectivity index (χ4n) is 2.34. The predicted molar refractivity (Wildman–Crippen MR) is 86.8 cm³/mol. The Hall–Kier alpha value is -2.17. The van der Waals surface area contributed by atoms with Crippen molar-refractivity contribution in [1.82, 2.24) is 9.78 Å². The van der Waals surface area contributed by atoms with E-state index in [1.165, 1.54) is 5.56 Å². The molecule has 2 aromatic rings. The van der Waals surface area contributed by atoms with E-state index in [1.807, 2.05) is 23.9 Å². The van der Waals surface area contributed by atoms with Gasteiger partial charge in [0.15, 0.2) is 0 Å². The highest BCUT2D eigenvalue weighted by Crippen LogP contribution is 2.23. The van der Waals surface area contributed by atoms with E-state index >= 15 is 0 Å². The number of nitrogens with one attached hydrogen (secondary N) is 1. The smallest absolute Gasteiger partial charge is 0.147 e. The van der Waals surface area contributed by atoms with E-state index in [1.54, 1.807) is 7.11 Å². The second-order valence-corrected chi connectivity index (χ2v) is 5.11. The lowest BCUT2D eigenvalue weighted by Crippen LogP contribution is -2.10. The summed E-state index contributed by atoms with van der Waals surface area (Å²) in [4.78, 5) is 0. The van der Waals surface area contributed by atoms with Gasteiger partial charge in [0.25, 0.3) is 0 Å². The van der Waals surface area contributed by atoms with Crippen LogP contribution in [-0.2, 0) is 19.9 Å². The van der Waals surface area contributed by atoms with Gasteiger partial charge in [-0.3, -0.25) is 4.68 Å². The highest BCUT2D eigenvalue weighted by Gasteiger charge is 2.11. The van der Waals surface area contributed by atoms with Gasteiger partial charge in [-0.25, -0.2) is 0 Å². The van der Waals surface area contributed by atoms with Crippen LogP contribution in [0.3, 0.4) is 0 Å². The summed E-state index contributed by atoms with van der Waals surface area (Å²) in [6.45, 7) is 2.95. The minimum atomic E-state index is 0.772. The van der Waals surface area contributed by atoms with Crippen molar-refractivity contribution >= 4 is 11.5 Å². The van der Waals surface area contributed by atoms with Gasteiger partial charge in [-0.2, -0.15) is 5.10 Å². The van der Waals surface area contributed by atoms with Gasteiger partial charge in [0, 0.05) is 13.6 Å². The molecule has 0 aliphatic rings. The van der Waals surface area contributed by atoms with Crippen LogP contribution >= 0.6 is 0 Å². The average Bonchev–Trinajstić information content (AvgIpc) is 2.76. The average molecular weight is 288 g/mol. The van der Waals surface area contributed by atoms with Gasteiger partial charge in [0.1, 0.15) is 11.6 Å². The van der Waals surface area contributed by atoms with Crippen molar-refractivity contribution in [2.45, 2.75) is 26.2 Å². The van der Waals surface area contributed by atoms with Crippen LogP contribution in [0.4, 0.5) is 11.5 Å². The lowest BCUT2D eigenvalue weighted by atomic mass is 10.1. The molecule has 5 nitrogen and oxygen atoms in total. The Morgan fingerprint density at radius 1 is 1.24 bits per heavy atom. The lowest BCUT2D eigenvalue weighted by Gasteiger charge is -2.08. The Bertz CT molecular complexity index is 575. The summed E-state index contributed by atoms with van der Waals surface area (Å²) in [6.07, 6.45) is 2.89. The maximum absolute atomic E-state index is 6.15. The largest absolute Gasteiger partial charge is 0.497 e. The zero-order chi connectivity index (χ0) is 15.2. The molecule has 0 bridgehead atoms. The van der Waals surface area contributed by atoms with E-state index in [4.69, 9.17) is 10.5 Å². The summed E-state index contributed by atoms with van der Waals surface area (Å²) in [5.74, 6) is 1.79. The highest BCUT2D eigenvalue weighted by atomic mass is 16.5. The van der Waals surface area contributed by atoms with Crippen molar-refractivity contribution in [2.75, 3.05) is 24.7 Å². The van der Waals surface area contributed by atoms with Crippen molar-refractivity contribution < 1.29 is 4.74 Å². The number of hydrogen-bond acceptors (Lipinski definition) is 4. The molecule has 0 unspecified atom stereocenters. The molecule has 0 aliphatic heterocycles. The Balaban J connectivity index is 1.93. The predicted octanol–water partition coefficient (Wildman–Crippen LogP) is 2.62. The maximum atomic E-state index is 6.15. The molecule has 114 valence electrons.